The molecule has 0 N–H and O–H groups in total. The maximum absolute atomic E-state index is 11.6. The minimum Gasteiger partial charge on any atom is -0.496 e. The number of ketones is 1. The fourth-order valence-corrected chi connectivity index (χ4v) is 3.26. The Hall–Kier alpha value is -2.67. The van der Waals surface area contributed by atoms with Gasteiger partial charge in [0.2, 0.25) is 5.16 Å². The van der Waals surface area contributed by atoms with Crippen LogP contribution in [0.1, 0.15) is 28.4 Å². The number of methoxy groups -OCH3 is 1. The molecule has 1 heterocycles. The number of rotatable bonds is 7. The molecule has 25 heavy (non-hydrogen) atoms. The summed E-state index contributed by atoms with van der Waals surface area (Å²) >= 11 is 1.51. The Balaban J connectivity index is 1.75. The number of nitrogens with zero attached hydrogens (tertiary/aromatic N) is 4. The molecule has 0 atom stereocenters. The molecule has 3 aromatic rings. The highest BCUT2D eigenvalue weighted by Crippen LogP contribution is 2.28. The third kappa shape index (κ3) is 4.24. The zero-order valence-corrected chi connectivity index (χ0v) is 14.9. The minimum atomic E-state index is 0.0304. The summed E-state index contributed by atoms with van der Waals surface area (Å²) < 4.78 is 7.16. The summed E-state index contributed by atoms with van der Waals surface area (Å²) in [6.07, 6.45) is 0. The fraction of sp³-hybridized carbons (Fsp3) is 0.222. The van der Waals surface area contributed by atoms with Gasteiger partial charge in [-0.05, 0) is 41.1 Å². The van der Waals surface area contributed by atoms with E-state index in [0.717, 1.165) is 22.0 Å². The second kappa shape index (κ2) is 7.94. The van der Waals surface area contributed by atoms with Crippen molar-refractivity contribution in [1.29, 1.82) is 0 Å². The largest absolute Gasteiger partial charge is 0.496 e. The van der Waals surface area contributed by atoms with E-state index in [9.17, 15) is 4.79 Å². The summed E-state index contributed by atoms with van der Waals surface area (Å²) in [4.78, 5) is 11.6. The van der Waals surface area contributed by atoms with Crippen LogP contribution in [0.3, 0.4) is 0 Å². The smallest absolute Gasteiger partial charge is 0.209 e. The van der Waals surface area contributed by atoms with Crippen molar-refractivity contribution < 1.29 is 9.53 Å². The molecule has 128 valence electrons. The Labute approximate surface area is 150 Å². The molecule has 0 saturated carbocycles. The van der Waals surface area contributed by atoms with Gasteiger partial charge >= 0.3 is 0 Å². The number of tetrazole rings is 1. The van der Waals surface area contributed by atoms with E-state index >= 15 is 0 Å². The number of ether oxygens (including phenoxy) is 1. The third-order valence-electron chi connectivity index (χ3n) is 3.72. The summed E-state index contributed by atoms with van der Waals surface area (Å²) in [5.74, 6) is 1.39. The van der Waals surface area contributed by atoms with Gasteiger partial charge < -0.3 is 4.74 Å². The van der Waals surface area contributed by atoms with Crippen molar-refractivity contribution in [2.45, 2.75) is 24.4 Å². The van der Waals surface area contributed by atoms with E-state index in [2.05, 4.69) is 15.5 Å². The van der Waals surface area contributed by atoms with Crippen LogP contribution in [0.5, 0.6) is 5.75 Å². The van der Waals surface area contributed by atoms with Gasteiger partial charge in [0.05, 0.1) is 13.7 Å². The van der Waals surface area contributed by atoms with E-state index in [1.54, 1.807) is 24.8 Å². The van der Waals surface area contributed by atoms with Gasteiger partial charge in [-0.2, -0.15) is 0 Å². The standard InChI is InChI=1S/C18H18N4O2S/c1-13(23)15-8-9-17(24-2)16(10-15)12-25-18-19-20-21-22(18)11-14-6-4-3-5-7-14/h3-10H,11-12H2,1-2H3. The Bertz CT molecular complexity index is 865. The van der Waals surface area contributed by atoms with Gasteiger partial charge in [0, 0.05) is 16.9 Å². The highest BCUT2D eigenvalue weighted by Gasteiger charge is 2.12. The first-order chi connectivity index (χ1) is 12.2. The molecule has 0 unspecified atom stereocenters. The summed E-state index contributed by atoms with van der Waals surface area (Å²) in [7, 11) is 1.62. The van der Waals surface area contributed by atoms with Crippen LogP contribution in [0.25, 0.3) is 0 Å². The maximum atomic E-state index is 11.6. The van der Waals surface area contributed by atoms with Crippen LogP contribution in [0.4, 0.5) is 0 Å². The van der Waals surface area contributed by atoms with Crippen LogP contribution in [0.15, 0.2) is 53.7 Å². The van der Waals surface area contributed by atoms with Gasteiger partial charge in [-0.3, -0.25) is 4.79 Å². The number of hydrogen-bond acceptors (Lipinski definition) is 6. The Morgan fingerprint density at radius 1 is 1.20 bits per heavy atom. The number of carbonyl (C=O) groups excluding carboxylic acids is 1. The predicted octanol–water partition coefficient (Wildman–Crippen LogP) is 3.22. The molecule has 0 aliphatic carbocycles. The van der Waals surface area contributed by atoms with Crippen molar-refractivity contribution in [3.8, 4) is 5.75 Å². The lowest BCUT2D eigenvalue weighted by Gasteiger charge is -2.10. The Morgan fingerprint density at radius 3 is 2.72 bits per heavy atom. The van der Waals surface area contributed by atoms with E-state index in [4.69, 9.17) is 4.74 Å². The highest BCUT2D eigenvalue weighted by molar-refractivity contribution is 7.98. The molecular weight excluding hydrogens is 336 g/mol. The minimum absolute atomic E-state index is 0.0304. The summed E-state index contributed by atoms with van der Waals surface area (Å²) in [6.45, 7) is 2.17. The molecule has 7 heteroatoms. The summed E-state index contributed by atoms with van der Waals surface area (Å²) in [5.41, 5.74) is 2.74. The molecule has 0 aliphatic heterocycles. The SMILES string of the molecule is COc1ccc(C(C)=O)cc1CSc1nnnn1Cc1ccccc1. The van der Waals surface area contributed by atoms with Crippen LogP contribution in [0, 0.1) is 0 Å². The Morgan fingerprint density at radius 2 is 2.00 bits per heavy atom. The van der Waals surface area contributed by atoms with Crippen molar-refractivity contribution in [2.75, 3.05) is 7.11 Å². The highest BCUT2D eigenvalue weighted by atomic mass is 32.2. The topological polar surface area (TPSA) is 69.9 Å². The molecule has 1 aromatic heterocycles. The molecule has 0 amide bonds. The maximum Gasteiger partial charge on any atom is 0.209 e. The average molecular weight is 354 g/mol. The first-order valence-electron chi connectivity index (χ1n) is 7.78. The number of carbonyl (C=O) groups is 1. The van der Waals surface area contributed by atoms with Crippen LogP contribution in [0.2, 0.25) is 0 Å². The predicted molar refractivity (Wildman–Crippen MR) is 95.9 cm³/mol. The van der Waals surface area contributed by atoms with E-state index in [-0.39, 0.29) is 5.78 Å². The molecule has 0 bridgehead atoms. The number of thioether (sulfide) groups is 1. The van der Waals surface area contributed by atoms with Crippen molar-refractivity contribution in [1.82, 2.24) is 20.2 Å². The molecule has 0 fully saturated rings. The molecule has 0 radical (unpaired) electrons. The number of aromatic nitrogens is 4. The van der Waals surface area contributed by atoms with Gasteiger partial charge in [-0.15, -0.1) is 5.10 Å². The van der Waals surface area contributed by atoms with E-state index < -0.39 is 0 Å². The second-order valence-corrected chi connectivity index (χ2v) is 6.42. The zero-order valence-electron chi connectivity index (χ0n) is 14.0. The molecule has 2 aromatic carbocycles. The lowest BCUT2D eigenvalue weighted by molar-refractivity contribution is 0.101. The monoisotopic (exact) mass is 354 g/mol. The summed E-state index contributed by atoms with van der Waals surface area (Å²) in [6, 6.07) is 15.5. The molecule has 3 rings (SSSR count). The molecular formula is C18H18N4O2S. The van der Waals surface area contributed by atoms with Crippen molar-refractivity contribution in [2.24, 2.45) is 0 Å². The second-order valence-electron chi connectivity index (χ2n) is 5.48. The van der Waals surface area contributed by atoms with Gasteiger partial charge in [0.15, 0.2) is 5.78 Å². The van der Waals surface area contributed by atoms with Crippen molar-refractivity contribution in [3.63, 3.8) is 0 Å². The molecule has 6 nitrogen and oxygen atoms in total. The van der Waals surface area contributed by atoms with Crippen LogP contribution < -0.4 is 4.74 Å². The fourth-order valence-electron chi connectivity index (χ4n) is 2.41. The van der Waals surface area contributed by atoms with E-state index in [0.29, 0.717) is 17.9 Å². The van der Waals surface area contributed by atoms with Crippen LogP contribution in [-0.4, -0.2) is 33.1 Å². The first kappa shape index (κ1) is 17.2. The Kier molecular flexibility index (Phi) is 5.45. The number of benzene rings is 2. The van der Waals surface area contributed by atoms with Crippen molar-refractivity contribution >= 4 is 17.5 Å². The van der Waals surface area contributed by atoms with Crippen LogP contribution in [-0.2, 0) is 12.3 Å². The number of hydrogen-bond donors (Lipinski definition) is 0. The zero-order chi connectivity index (χ0) is 17.6. The lowest BCUT2D eigenvalue weighted by atomic mass is 10.1. The van der Waals surface area contributed by atoms with Crippen LogP contribution >= 0.6 is 11.8 Å². The quantitative estimate of drug-likeness (QED) is 0.479. The van der Waals surface area contributed by atoms with Gasteiger partial charge in [0.25, 0.3) is 0 Å². The summed E-state index contributed by atoms with van der Waals surface area (Å²) in [5, 5.41) is 12.7. The molecule has 0 aliphatic rings. The molecule has 0 spiro atoms. The van der Waals surface area contributed by atoms with Gasteiger partial charge in [-0.1, -0.05) is 42.1 Å². The average Bonchev–Trinajstić information content (AvgIpc) is 3.07. The van der Waals surface area contributed by atoms with E-state index in [1.807, 2.05) is 42.5 Å². The number of Topliss-reactive ketones (excluding diaryl/α,β-unsaturated/α-hetero) is 1. The molecule has 0 saturated heterocycles. The van der Waals surface area contributed by atoms with Crippen molar-refractivity contribution in [3.05, 3.63) is 65.2 Å². The van der Waals surface area contributed by atoms with Gasteiger partial charge in [-0.25, -0.2) is 4.68 Å². The first-order valence-corrected chi connectivity index (χ1v) is 8.76. The lowest BCUT2D eigenvalue weighted by Crippen LogP contribution is -2.04. The van der Waals surface area contributed by atoms with Gasteiger partial charge in [0.1, 0.15) is 5.75 Å². The third-order valence-corrected chi connectivity index (χ3v) is 4.72. The normalized spacial score (nSPS) is 10.6. The van der Waals surface area contributed by atoms with E-state index in [1.165, 1.54) is 11.8 Å².